The number of aromatic nitrogens is 4. The van der Waals surface area contributed by atoms with Crippen molar-refractivity contribution < 1.29 is 0 Å². The number of nitriles is 2. The van der Waals surface area contributed by atoms with Gasteiger partial charge in [-0.25, -0.2) is 9.97 Å². The third-order valence-corrected chi connectivity index (χ3v) is 9.01. The van der Waals surface area contributed by atoms with E-state index < -0.39 is 0 Å². The fraction of sp³-hybridized carbons (Fsp3) is 0. The second kappa shape index (κ2) is 10.8. The molecule has 0 aliphatic heterocycles. The van der Waals surface area contributed by atoms with Gasteiger partial charge in [0, 0.05) is 32.7 Å². The predicted octanol–water partition coefficient (Wildman–Crippen LogP) is 9.75. The molecule has 0 aliphatic rings. The van der Waals surface area contributed by atoms with Crippen molar-refractivity contribution in [3.05, 3.63) is 157 Å². The van der Waals surface area contributed by atoms with E-state index in [1.165, 1.54) is 0 Å². The Bertz CT molecular complexity index is 2740. The van der Waals surface area contributed by atoms with Gasteiger partial charge in [0.2, 0.25) is 5.95 Å². The number of nitrogens with zero attached hydrogens (tertiary/aromatic N) is 6. The Morgan fingerprint density at radius 3 is 1.54 bits per heavy atom. The van der Waals surface area contributed by atoms with Crippen LogP contribution in [-0.4, -0.2) is 19.1 Å². The summed E-state index contributed by atoms with van der Waals surface area (Å²) in [5, 5.41) is 24.2. The van der Waals surface area contributed by atoms with Crippen LogP contribution >= 0.6 is 0 Å². The second-order valence-electron chi connectivity index (χ2n) is 11.7. The number of hydrogen-bond acceptors (Lipinski definition) is 4. The molecule has 0 saturated carbocycles. The Balaban J connectivity index is 1.48. The highest BCUT2D eigenvalue weighted by atomic mass is 15.2. The van der Waals surface area contributed by atoms with Gasteiger partial charge in [-0.1, -0.05) is 109 Å². The van der Waals surface area contributed by atoms with E-state index in [1.807, 2.05) is 66.7 Å². The Labute approximate surface area is 275 Å². The summed E-state index contributed by atoms with van der Waals surface area (Å²) in [6, 6.07) is 53.2. The largest absolute Gasteiger partial charge is 0.306 e. The molecule has 3 aromatic heterocycles. The summed E-state index contributed by atoms with van der Waals surface area (Å²) in [5.41, 5.74) is 8.99. The Morgan fingerprint density at radius 1 is 0.458 bits per heavy atom. The quantitative estimate of drug-likeness (QED) is 0.198. The highest BCUT2D eigenvalue weighted by Gasteiger charge is 2.24. The summed E-state index contributed by atoms with van der Waals surface area (Å²) in [4.78, 5) is 10.5. The van der Waals surface area contributed by atoms with Crippen molar-refractivity contribution >= 4 is 43.6 Å². The van der Waals surface area contributed by atoms with Crippen molar-refractivity contribution in [3.63, 3.8) is 0 Å². The second-order valence-corrected chi connectivity index (χ2v) is 11.7. The molecule has 9 aromatic rings. The highest BCUT2D eigenvalue weighted by Crippen LogP contribution is 2.42. The van der Waals surface area contributed by atoms with E-state index in [2.05, 4.69) is 88.0 Å². The van der Waals surface area contributed by atoms with E-state index in [-0.39, 0.29) is 0 Å². The maximum atomic E-state index is 10.3. The van der Waals surface area contributed by atoms with Crippen LogP contribution in [0.2, 0.25) is 0 Å². The van der Waals surface area contributed by atoms with Gasteiger partial charge in [0.25, 0.3) is 0 Å². The lowest BCUT2D eigenvalue weighted by atomic mass is 10.1. The molecule has 6 aromatic carbocycles. The van der Waals surface area contributed by atoms with Crippen molar-refractivity contribution in [2.45, 2.75) is 0 Å². The molecule has 0 bridgehead atoms. The number of para-hydroxylation sites is 2. The van der Waals surface area contributed by atoms with Crippen LogP contribution in [0, 0.1) is 22.7 Å². The average molecular weight is 613 g/mol. The molecular formula is C42H24N6. The molecule has 0 saturated heterocycles. The van der Waals surface area contributed by atoms with Crippen LogP contribution in [0.15, 0.2) is 146 Å². The van der Waals surface area contributed by atoms with Crippen molar-refractivity contribution in [2.24, 2.45) is 0 Å². The SMILES string of the molecule is N#Cc1ccc(-n2c3ccccc3c3ccc4c5ccccc5n(-c5nc(-c6ccccc6)cc(-c6ccccc6)n5)c4c32)c(C#N)c1. The molecule has 6 nitrogen and oxygen atoms in total. The van der Waals surface area contributed by atoms with Gasteiger partial charge >= 0.3 is 0 Å². The average Bonchev–Trinajstić information content (AvgIpc) is 3.68. The molecule has 0 unspecified atom stereocenters. The maximum absolute atomic E-state index is 10.3. The summed E-state index contributed by atoms with van der Waals surface area (Å²) < 4.78 is 4.32. The van der Waals surface area contributed by atoms with Gasteiger partial charge in [-0.3, -0.25) is 4.57 Å². The molecule has 6 heteroatoms. The zero-order chi connectivity index (χ0) is 32.2. The van der Waals surface area contributed by atoms with Crippen LogP contribution in [0.5, 0.6) is 0 Å². The van der Waals surface area contributed by atoms with E-state index in [0.717, 1.165) is 66.1 Å². The van der Waals surface area contributed by atoms with E-state index in [1.54, 1.807) is 12.1 Å². The first-order valence-electron chi connectivity index (χ1n) is 15.6. The summed E-state index contributed by atoms with van der Waals surface area (Å²) in [7, 11) is 0. The summed E-state index contributed by atoms with van der Waals surface area (Å²) in [6.45, 7) is 0. The molecule has 222 valence electrons. The van der Waals surface area contributed by atoms with Gasteiger partial charge in [0.15, 0.2) is 0 Å². The minimum Gasteiger partial charge on any atom is -0.306 e. The van der Waals surface area contributed by atoms with Gasteiger partial charge in [0.05, 0.1) is 56.3 Å². The Morgan fingerprint density at radius 2 is 0.979 bits per heavy atom. The van der Waals surface area contributed by atoms with Crippen molar-refractivity contribution in [1.29, 1.82) is 10.5 Å². The van der Waals surface area contributed by atoms with E-state index in [9.17, 15) is 10.5 Å². The molecule has 0 spiro atoms. The monoisotopic (exact) mass is 612 g/mol. The van der Waals surface area contributed by atoms with Gasteiger partial charge in [-0.2, -0.15) is 10.5 Å². The summed E-state index contributed by atoms with van der Waals surface area (Å²) >= 11 is 0. The van der Waals surface area contributed by atoms with Gasteiger partial charge in [-0.05, 0) is 36.4 Å². The molecule has 3 heterocycles. The first-order chi connectivity index (χ1) is 23.7. The zero-order valence-electron chi connectivity index (χ0n) is 25.5. The highest BCUT2D eigenvalue weighted by molar-refractivity contribution is 6.23. The lowest BCUT2D eigenvalue weighted by Gasteiger charge is -2.14. The number of rotatable bonds is 4. The van der Waals surface area contributed by atoms with E-state index in [4.69, 9.17) is 9.97 Å². The lowest BCUT2D eigenvalue weighted by molar-refractivity contribution is 0.995. The van der Waals surface area contributed by atoms with Crippen LogP contribution in [0.4, 0.5) is 0 Å². The normalized spacial score (nSPS) is 11.3. The lowest BCUT2D eigenvalue weighted by Crippen LogP contribution is -2.05. The third kappa shape index (κ3) is 4.11. The number of fused-ring (bicyclic) bond motifs is 7. The molecule has 0 radical (unpaired) electrons. The fourth-order valence-corrected chi connectivity index (χ4v) is 6.90. The van der Waals surface area contributed by atoms with Gasteiger partial charge in [0.1, 0.15) is 6.07 Å². The Kier molecular flexibility index (Phi) is 6.15. The molecule has 0 aliphatic carbocycles. The maximum Gasteiger partial charge on any atom is 0.235 e. The summed E-state index contributed by atoms with van der Waals surface area (Å²) in [5.74, 6) is 0.547. The fourth-order valence-electron chi connectivity index (χ4n) is 6.90. The number of hydrogen-bond donors (Lipinski definition) is 0. The van der Waals surface area contributed by atoms with Crippen LogP contribution in [0.3, 0.4) is 0 Å². The molecular weight excluding hydrogens is 589 g/mol. The number of benzene rings is 6. The zero-order valence-corrected chi connectivity index (χ0v) is 25.5. The molecule has 9 rings (SSSR count). The van der Waals surface area contributed by atoms with Gasteiger partial charge < -0.3 is 4.57 Å². The summed E-state index contributed by atoms with van der Waals surface area (Å²) in [6.07, 6.45) is 0. The molecule has 0 atom stereocenters. The van der Waals surface area contributed by atoms with Crippen LogP contribution in [0.25, 0.3) is 77.8 Å². The van der Waals surface area contributed by atoms with Crippen LogP contribution in [0.1, 0.15) is 11.1 Å². The molecule has 0 amide bonds. The Hall–Kier alpha value is -7.02. The van der Waals surface area contributed by atoms with E-state index >= 15 is 0 Å². The molecule has 0 fully saturated rings. The van der Waals surface area contributed by atoms with Crippen molar-refractivity contribution in [2.75, 3.05) is 0 Å². The predicted molar refractivity (Wildman–Crippen MR) is 191 cm³/mol. The van der Waals surface area contributed by atoms with Crippen LogP contribution in [-0.2, 0) is 0 Å². The van der Waals surface area contributed by atoms with Crippen molar-refractivity contribution in [3.8, 4) is 46.3 Å². The molecule has 48 heavy (non-hydrogen) atoms. The minimum absolute atomic E-state index is 0.421. The first kappa shape index (κ1) is 27.3. The molecule has 0 N–H and O–H groups in total. The standard InChI is InChI=1S/C42H24N6/c43-25-27-19-22-37(30(23-27)26-44)47-38-17-9-7-15-31(38)33-20-21-34-32-16-8-10-18-39(32)48(41(34)40(33)47)42-45-35(28-11-3-1-4-12-28)24-36(46-42)29-13-5-2-6-14-29/h1-24H. The van der Waals surface area contributed by atoms with E-state index in [0.29, 0.717) is 22.8 Å². The topological polar surface area (TPSA) is 83.2 Å². The van der Waals surface area contributed by atoms with Crippen LogP contribution < -0.4 is 0 Å². The van der Waals surface area contributed by atoms with Gasteiger partial charge in [-0.15, -0.1) is 0 Å². The smallest absolute Gasteiger partial charge is 0.235 e. The van der Waals surface area contributed by atoms with Crippen molar-refractivity contribution in [1.82, 2.24) is 19.1 Å². The minimum atomic E-state index is 0.421. The first-order valence-corrected chi connectivity index (χ1v) is 15.6. The third-order valence-electron chi connectivity index (χ3n) is 9.01.